The Kier molecular flexibility index (Phi) is 5.54. The molecule has 198 valence electrons. The second kappa shape index (κ2) is 9.03. The van der Waals surface area contributed by atoms with Crippen molar-refractivity contribution in [2.45, 2.75) is 18.0 Å². The van der Waals surface area contributed by atoms with Gasteiger partial charge in [-0.2, -0.15) is 0 Å². The predicted octanol–water partition coefficient (Wildman–Crippen LogP) is 6.08. The number of anilines is 1. The van der Waals surface area contributed by atoms with Gasteiger partial charge in [0.25, 0.3) is 0 Å². The van der Waals surface area contributed by atoms with Crippen LogP contribution in [0.15, 0.2) is 90.3 Å². The molecule has 40 heavy (non-hydrogen) atoms. The first-order valence-electron chi connectivity index (χ1n) is 13.1. The van der Waals surface area contributed by atoms with E-state index in [0.717, 1.165) is 11.3 Å². The third-order valence-electron chi connectivity index (χ3n) is 8.52. The second-order valence-corrected chi connectivity index (χ2v) is 11.2. The number of Topliss-reactive ketones (excluding diaryl/α,β-unsaturated/α-hetero) is 3. The number of fused-ring (bicyclic) bond motifs is 5. The minimum Gasteiger partial charge on any atom is -0.497 e. The Morgan fingerprint density at radius 3 is 2.27 bits per heavy atom. The lowest BCUT2D eigenvalue weighted by Crippen LogP contribution is -2.48. The summed E-state index contributed by atoms with van der Waals surface area (Å²) in [5.41, 5.74) is 1.50. The van der Waals surface area contributed by atoms with E-state index in [4.69, 9.17) is 9.47 Å². The highest BCUT2D eigenvalue weighted by atomic mass is 32.1. The minimum atomic E-state index is -1.59. The van der Waals surface area contributed by atoms with Crippen molar-refractivity contribution >= 4 is 40.4 Å². The van der Waals surface area contributed by atoms with Crippen molar-refractivity contribution in [2.24, 2.45) is 5.41 Å². The van der Waals surface area contributed by atoms with Gasteiger partial charge in [0.15, 0.2) is 17.3 Å². The van der Waals surface area contributed by atoms with E-state index in [1.165, 1.54) is 11.3 Å². The molecule has 3 aromatic carbocycles. The molecule has 7 heteroatoms. The van der Waals surface area contributed by atoms with Crippen LogP contribution in [0.25, 0.3) is 6.08 Å². The fourth-order valence-electron chi connectivity index (χ4n) is 6.91. The molecule has 1 spiro atoms. The number of hydrogen-bond acceptors (Lipinski definition) is 7. The molecule has 3 aliphatic rings. The molecular formula is C33H25NO5S. The van der Waals surface area contributed by atoms with Crippen molar-refractivity contribution in [2.75, 3.05) is 19.1 Å². The lowest BCUT2D eigenvalue weighted by molar-refractivity contribution is 0.0664. The monoisotopic (exact) mass is 547 g/mol. The Labute approximate surface area is 235 Å². The van der Waals surface area contributed by atoms with Crippen LogP contribution in [0.4, 0.5) is 5.69 Å². The molecule has 2 aliphatic heterocycles. The number of ether oxygens (including phenoxy) is 2. The van der Waals surface area contributed by atoms with Crippen LogP contribution in [0.3, 0.4) is 0 Å². The molecule has 0 radical (unpaired) electrons. The molecule has 3 atom stereocenters. The van der Waals surface area contributed by atoms with E-state index in [-0.39, 0.29) is 17.3 Å². The maximum absolute atomic E-state index is 14.7. The van der Waals surface area contributed by atoms with E-state index in [1.807, 2.05) is 52.8 Å². The number of carbonyl (C=O) groups excluding carboxylic acids is 3. The van der Waals surface area contributed by atoms with Crippen molar-refractivity contribution < 1.29 is 23.9 Å². The summed E-state index contributed by atoms with van der Waals surface area (Å²) < 4.78 is 11.4. The molecule has 1 aliphatic carbocycles. The Balaban J connectivity index is 1.59. The first-order valence-corrected chi connectivity index (χ1v) is 13.9. The number of carbonyl (C=O) groups is 3. The largest absolute Gasteiger partial charge is 0.497 e. The molecule has 0 N–H and O–H groups in total. The minimum absolute atomic E-state index is 0.145. The number of hydrogen-bond donors (Lipinski definition) is 0. The quantitative estimate of drug-likeness (QED) is 0.223. The van der Waals surface area contributed by atoms with Gasteiger partial charge in [-0.25, -0.2) is 0 Å². The number of benzene rings is 3. The van der Waals surface area contributed by atoms with Crippen molar-refractivity contribution in [3.05, 3.63) is 117 Å². The first kappa shape index (κ1) is 24.5. The van der Waals surface area contributed by atoms with Crippen LogP contribution in [0.2, 0.25) is 0 Å². The molecule has 0 unspecified atom stereocenters. The SMILES string of the molecule is COc1ccc(OC)c([C@@H]2[C@@H](C(=O)c3cccs3)N3c4ccccc4C=C[C@H]3C23C(=O)c2ccccc2C3=O)c1. The third kappa shape index (κ3) is 3.12. The highest BCUT2D eigenvalue weighted by Gasteiger charge is 2.72. The van der Waals surface area contributed by atoms with Gasteiger partial charge in [0, 0.05) is 28.3 Å². The van der Waals surface area contributed by atoms with Crippen molar-refractivity contribution in [1.29, 1.82) is 0 Å². The molecule has 1 saturated heterocycles. The number of nitrogens with zero attached hydrogens (tertiary/aromatic N) is 1. The summed E-state index contributed by atoms with van der Waals surface area (Å²) in [6, 6.07) is 22.2. The lowest BCUT2D eigenvalue weighted by Gasteiger charge is -2.37. The van der Waals surface area contributed by atoms with E-state index in [9.17, 15) is 14.4 Å². The summed E-state index contributed by atoms with van der Waals surface area (Å²) in [5, 5.41) is 1.86. The molecular weight excluding hydrogens is 522 g/mol. The zero-order valence-electron chi connectivity index (χ0n) is 21.9. The molecule has 3 heterocycles. The average Bonchev–Trinajstić information content (AvgIpc) is 3.70. The summed E-state index contributed by atoms with van der Waals surface area (Å²) >= 11 is 1.35. The summed E-state index contributed by atoms with van der Waals surface area (Å²) in [7, 11) is 3.12. The fraction of sp³-hybridized carbons (Fsp3) is 0.182. The van der Waals surface area contributed by atoms with Crippen LogP contribution in [0, 0.1) is 5.41 Å². The summed E-state index contributed by atoms with van der Waals surface area (Å²) in [4.78, 5) is 46.6. The van der Waals surface area contributed by atoms with E-state index >= 15 is 0 Å². The standard InChI is InChI=1S/C33H25NO5S/c1-38-20-14-15-25(39-2)23(18-20)28-29(30(35)26-12-7-17-40-26)34-24-11-6-3-8-19(24)13-16-27(34)33(28)31(36)21-9-4-5-10-22(21)32(33)37/h3-18,27-29H,1-2H3/t27-,28+,29-/m0/s1. The van der Waals surface area contributed by atoms with E-state index in [1.54, 1.807) is 62.8 Å². The van der Waals surface area contributed by atoms with Crippen LogP contribution in [0.1, 0.15) is 47.4 Å². The molecule has 7 rings (SSSR count). The normalized spacial score (nSPS) is 21.8. The highest BCUT2D eigenvalue weighted by molar-refractivity contribution is 7.12. The Bertz CT molecular complexity index is 1690. The summed E-state index contributed by atoms with van der Waals surface area (Å²) in [6.07, 6.45) is 3.88. The summed E-state index contributed by atoms with van der Waals surface area (Å²) in [6.45, 7) is 0. The molecule has 1 aromatic heterocycles. The summed E-state index contributed by atoms with van der Waals surface area (Å²) in [5.74, 6) is -0.520. The van der Waals surface area contributed by atoms with Gasteiger partial charge in [0.2, 0.25) is 0 Å². The van der Waals surface area contributed by atoms with Gasteiger partial charge in [-0.3, -0.25) is 14.4 Å². The van der Waals surface area contributed by atoms with E-state index in [0.29, 0.717) is 33.1 Å². The number of thiophene rings is 1. The lowest BCUT2D eigenvalue weighted by atomic mass is 9.64. The predicted molar refractivity (Wildman–Crippen MR) is 154 cm³/mol. The highest BCUT2D eigenvalue weighted by Crippen LogP contribution is 2.62. The molecule has 0 bridgehead atoms. The van der Waals surface area contributed by atoms with Gasteiger partial charge in [-0.05, 0) is 41.3 Å². The molecule has 4 aromatic rings. The smallest absolute Gasteiger partial charge is 0.195 e. The fourth-order valence-corrected chi connectivity index (χ4v) is 7.61. The number of ketones is 3. The van der Waals surface area contributed by atoms with E-state index in [2.05, 4.69) is 0 Å². The third-order valence-corrected chi connectivity index (χ3v) is 9.40. The molecule has 0 saturated carbocycles. The maximum Gasteiger partial charge on any atom is 0.195 e. The van der Waals surface area contributed by atoms with Crippen molar-refractivity contribution in [3.8, 4) is 11.5 Å². The maximum atomic E-state index is 14.7. The Morgan fingerprint density at radius 2 is 1.60 bits per heavy atom. The van der Waals surface area contributed by atoms with Crippen LogP contribution < -0.4 is 14.4 Å². The van der Waals surface area contributed by atoms with Gasteiger partial charge in [0.05, 0.1) is 25.1 Å². The van der Waals surface area contributed by atoms with Crippen molar-refractivity contribution in [3.63, 3.8) is 0 Å². The number of rotatable bonds is 5. The number of methoxy groups -OCH3 is 2. The van der Waals surface area contributed by atoms with Crippen LogP contribution >= 0.6 is 11.3 Å². The van der Waals surface area contributed by atoms with Crippen LogP contribution in [-0.2, 0) is 0 Å². The van der Waals surface area contributed by atoms with Crippen LogP contribution in [-0.4, -0.2) is 43.7 Å². The topological polar surface area (TPSA) is 72.9 Å². The average molecular weight is 548 g/mol. The zero-order chi connectivity index (χ0) is 27.6. The molecule has 6 nitrogen and oxygen atoms in total. The Hall–Kier alpha value is -4.49. The van der Waals surface area contributed by atoms with Crippen molar-refractivity contribution in [1.82, 2.24) is 0 Å². The molecule has 1 fully saturated rings. The number of para-hydroxylation sites is 1. The van der Waals surface area contributed by atoms with E-state index < -0.39 is 23.4 Å². The zero-order valence-corrected chi connectivity index (χ0v) is 22.7. The molecule has 0 amide bonds. The van der Waals surface area contributed by atoms with Gasteiger partial charge in [0.1, 0.15) is 23.0 Å². The van der Waals surface area contributed by atoms with Gasteiger partial charge < -0.3 is 14.4 Å². The first-order chi connectivity index (χ1) is 19.5. The van der Waals surface area contributed by atoms with Gasteiger partial charge in [-0.1, -0.05) is 60.7 Å². The Morgan fingerprint density at radius 1 is 0.875 bits per heavy atom. The van der Waals surface area contributed by atoms with Gasteiger partial charge >= 0.3 is 0 Å². The van der Waals surface area contributed by atoms with Gasteiger partial charge in [-0.15, -0.1) is 11.3 Å². The van der Waals surface area contributed by atoms with Crippen LogP contribution in [0.5, 0.6) is 11.5 Å². The second-order valence-electron chi connectivity index (χ2n) is 10.2.